The van der Waals surface area contributed by atoms with Crippen LogP contribution in [0, 0.1) is 5.82 Å². The Bertz CT molecular complexity index is 419. The molecule has 0 atom stereocenters. The minimum absolute atomic E-state index is 0.0160. The minimum atomic E-state index is -0.661. The Kier molecular flexibility index (Phi) is 4.56. The second-order valence-electron chi connectivity index (χ2n) is 3.09. The van der Waals surface area contributed by atoms with Crippen molar-refractivity contribution in [3.05, 3.63) is 33.1 Å². The highest BCUT2D eigenvalue weighted by molar-refractivity contribution is 6.38. The van der Waals surface area contributed by atoms with Crippen molar-refractivity contribution in [3.8, 4) is 0 Å². The molecular formula is C11H11Cl2FO2. The van der Waals surface area contributed by atoms with Gasteiger partial charge in [-0.3, -0.25) is 0 Å². The summed E-state index contributed by atoms with van der Waals surface area (Å²) >= 11 is 11.7. The van der Waals surface area contributed by atoms with Gasteiger partial charge in [0.05, 0.1) is 22.2 Å². The highest BCUT2D eigenvalue weighted by Gasteiger charge is 2.19. The second kappa shape index (κ2) is 5.51. The van der Waals surface area contributed by atoms with E-state index < -0.39 is 11.8 Å². The number of rotatable bonds is 3. The van der Waals surface area contributed by atoms with Crippen molar-refractivity contribution < 1.29 is 13.9 Å². The van der Waals surface area contributed by atoms with Crippen LogP contribution in [0.1, 0.15) is 29.8 Å². The molecule has 0 saturated heterocycles. The van der Waals surface area contributed by atoms with Crippen LogP contribution in [-0.2, 0) is 11.2 Å². The van der Waals surface area contributed by atoms with Crippen molar-refractivity contribution in [2.75, 3.05) is 6.61 Å². The molecule has 0 aliphatic rings. The molecule has 0 aliphatic carbocycles. The average molecular weight is 265 g/mol. The number of benzene rings is 1. The molecule has 0 unspecified atom stereocenters. The first-order chi connectivity index (χ1) is 7.52. The van der Waals surface area contributed by atoms with Gasteiger partial charge in [0.1, 0.15) is 5.82 Å². The largest absolute Gasteiger partial charge is 0.462 e. The maximum absolute atomic E-state index is 13.4. The van der Waals surface area contributed by atoms with Gasteiger partial charge in [0.15, 0.2) is 0 Å². The van der Waals surface area contributed by atoms with E-state index in [1.165, 1.54) is 0 Å². The van der Waals surface area contributed by atoms with Crippen LogP contribution in [0.2, 0.25) is 10.0 Å². The molecule has 2 nitrogen and oxygen atoms in total. The van der Waals surface area contributed by atoms with Crippen molar-refractivity contribution in [1.82, 2.24) is 0 Å². The normalized spacial score (nSPS) is 10.3. The van der Waals surface area contributed by atoms with Crippen LogP contribution in [0.25, 0.3) is 0 Å². The lowest BCUT2D eigenvalue weighted by atomic mass is 10.1. The summed E-state index contributed by atoms with van der Waals surface area (Å²) < 4.78 is 18.2. The fourth-order valence-corrected chi connectivity index (χ4v) is 2.02. The third kappa shape index (κ3) is 2.47. The van der Waals surface area contributed by atoms with E-state index in [0.29, 0.717) is 12.0 Å². The predicted molar refractivity (Wildman–Crippen MR) is 61.8 cm³/mol. The van der Waals surface area contributed by atoms with E-state index in [9.17, 15) is 9.18 Å². The van der Waals surface area contributed by atoms with Gasteiger partial charge in [0.25, 0.3) is 0 Å². The number of carbonyl (C=O) groups excluding carboxylic acids is 1. The smallest absolute Gasteiger partial charge is 0.339 e. The molecule has 88 valence electrons. The SMILES string of the molecule is CCOC(=O)c1cc(F)c(Cl)c(CC)c1Cl. The molecule has 5 heteroatoms. The zero-order chi connectivity index (χ0) is 12.3. The number of hydrogen-bond donors (Lipinski definition) is 0. The summed E-state index contributed by atoms with van der Waals surface area (Å²) in [5.41, 5.74) is 0.439. The Balaban J connectivity index is 3.31. The van der Waals surface area contributed by atoms with Crippen LogP contribution in [0.4, 0.5) is 4.39 Å². The van der Waals surface area contributed by atoms with Crippen molar-refractivity contribution in [3.63, 3.8) is 0 Å². The van der Waals surface area contributed by atoms with E-state index in [2.05, 4.69) is 0 Å². The van der Waals surface area contributed by atoms with Crippen molar-refractivity contribution in [1.29, 1.82) is 0 Å². The third-order valence-electron chi connectivity index (χ3n) is 2.10. The molecule has 0 heterocycles. The zero-order valence-electron chi connectivity index (χ0n) is 8.94. The quantitative estimate of drug-likeness (QED) is 0.612. The maximum Gasteiger partial charge on any atom is 0.339 e. The highest BCUT2D eigenvalue weighted by Crippen LogP contribution is 2.31. The first kappa shape index (κ1) is 13.3. The summed E-state index contributed by atoms with van der Waals surface area (Å²) in [6.45, 7) is 3.65. The van der Waals surface area contributed by atoms with E-state index >= 15 is 0 Å². The van der Waals surface area contributed by atoms with Gasteiger partial charge in [0.2, 0.25) is 0 Å². The van der Waals surface area contributed by atoms with Crippen LogP contribution in [0.15, 0.2) is 6.07 Å². The number of halogens is 3. The van der Waals surface area contributed by atoms with Crippen LogP contribution in [0.3, 0.4) is 0 Å². The lowest BCUT2D eigenvalue weighted by Gasteiger charge is -2.10. The first-order valence-corrected chi connectivity index (χ1v) is 5.61. The average Bonchev–Trinajstić information content (AvgIpc) is 2.24. The molecule has 1 aromatic carbocycles. The zero-order valence-corrected chi connectivity index (χ0v) is 10.5. The standard InChI is InChI=1S/C11H11Cl2FO2/c1-3-6-9(12)7(11(15)16-4-2)5-8(14)10(6)13/h5H,3-4H2,1-2H3. The van der Waals surface area contributed by atoms with Gasteiger partial charge in [-0.2, -0.15) is 0 Å². The minimum Gasteiger partial charge on any atom is -0.462 e. The fraction of sp³-hybridized carbons (Fsp3) is 0.364. The van der Waals surface area contributed by atoms with Crippen molar-refractivity contribution in [2.45, 2.75) is 20.3 Å². The van der Waals surface area contributed by atoms with Gasteiger partial charge in [-0.05, 0) is 25.0 Å². The number of ether oxygens (including phenoxy) is 1. The number of hydrogen-bond acceptors (Lipinski definition) is 2. The van der Waals surface area contributed by atoms with Gasteiger partial charge < -0.3 is 4.74 Å². The molecule has 0 fully saturated rings. The molecule has 0 aromatic heterocycles. The number of carbonyl (C=O) groups is 1. The fourth-order valence-electron chi connectivity index (χ4n) is 1.32. The van der Waals surface area contributed by atoms with Gasteiger partial charge in [-0.15, -0.1) is 0 Å². The third-order valence-corrected chi connectivity index (χ3v) is 2.94. The van der Waals surface area contributed by atoms with E-state index in [4.69, 9.17) is 27.9 Å². The van der Waals surface area contributed by atoms with Crippen LogP contribution >= 0.6 is 23.2 Å². The molecular weight excluding hydrogens is 254 g/mol. The summed E-state index contributed by atoms with van der Waals surface area (Å²) in [5, 5.41) is 0.118. The van der Waals surface area contributed by atoms with Gasteiger partial charge in [0, 0.05) is 0 Å². The lowest BCUT2D eigenvalue weighted by molar-refractivity contribution is 0.0526. The monoisotopic (exact) mass is 264 g/mol. The molecule has 0 bridgehead atoms. The van der Waals surface area contributed by atoms with Crippen LogP contribution < -0.4 is 0 Å². The maximum atomic E-state index is 13.4. The molecule has 0 N–H and O–H groups in total. The Hall–Kier alpha value is -0.800. The summed E-state index contributed by atoms with van der Waals surface area (Å²) in [4.78, 5) is 11.5. The summed E-state index contributed by atoms with van der Waals surface area (Å²) in [6.07, 6.45) is 0.446. The van der Waals surface area contributed by atoms with E-state index in [1.807, 2.05) is 0 Å². The van der Waals surface area contributed by atoms with E-state index in [-0.39, 0.29) is 22.2 Å². The molecule has 0 aliphatic heterocycles. The summed E-state index contributed by atoms with van der Waals surface area (Å²) in [7, 11) is 0. The predicted octanol–water partition coefficient (Wildman–Crippen LogP) is 3.87. The first-order valence-electron chi connectivity index (χ1n) is 4.86. The molecule has 0 saturated carbocycles. The second-order valence-corrected chi connectivity index (χ2v) is 3.84. The molecule has 16 heavy (non-hydrogen) atoms. The van der Waals surface area contributed by atoms with Gasteiger partial charge in [-0.1, -0.05) is 30.1 Å². The van der Waals surface area contributed by atoms with Crippen LogP contribution in [0.5, 0.6) is 0 Å². The van der Waals surface area contributed by atoms with Crippen molar-refractivity contribution in [2.24, 2.45) is 0 Å². The molecule has 1 rings (SSSR count). The lowest BCUT2D eigenvalue weighted by Crippen LogP contribution is -2.08. The topological polar surface area (TPSA) is 26.3 Å². The molecule has 0 amide bonds. The van der Waals surface area contributed by atoms with Crippen LogP contribution in [-0.4, -0.2) is 12.6 Å². The summed E-state index contributed by atoms with van der Waals surface area (Å²) in [6, 6.07) is 1.00. The van der Waals surface area contributed by atoms with E-state index in [1.54, 1.807) is 13.8 Å². The van der Waals surface area contributed by atoms with Gasteiger partial charge in [-0.25, -0.2) is 9.18 Å². The molecule has 0 spiro atoms. The van der Waals surface area contributed by atoms with Gasteiger partial charge >= 0.3 is 5.97 Å². The molecule has 1 aromatic rings. The Morgan fingerprint density at radius 2 is 2.00 bits per heavy atom. The molecule has 0 radical (unpaired) electrons. The Morgan fingerprint density at radius 1 is 1.38 bits per heavy atom. The highest BCUT2D eigenvalue weighted by atomic mass is 35.5. The van der Waals surface area contributed by atoms with Crippen molar-refractivity contribution >= 4 is 29.2 Å². The van der Waals surface area contributed by atoms with E-state index in [0.717, 1.165) is 6.07 Å². The summed E-state index contributed by atoms with van der Waals surface area (Å²) in [5.74, 6) is -1.30. The Labute approximate surface area is 103 Å². The number of esters is 1. The Morgan fingerprint density at radius 3 is 2.50 bits per heavy atom.